The highest BCUT2D eigenvalue weighted by Crippen LogP contribution is 2.82. The molecule has 0 atom stereocenters. The predicted octanol–water partition coefficient (Wildman–Crippen LogP) is 9.87. The van der Waals surface area contributed by atoms with E-state index in [2.05, 4.69) is 0 Å². The van der Waals surface area contributed by atoms with Crippen molar-refractivity contribution < 1.29 is 39.5 Å². The zero-order valence-corrected chi connectivity index (χ0v) is 19.5. The maximum absolute atomic E-state index is 15.0. The topological polar surface area (TPSA) is 0 Å². The molecule has 3 saturated carbocycles. The van der Waals surface area contributed by atoms with E-state index in [1.165, 1.54) is 0 Å². The van der Waals surface area contributed by atoms with E-state index < -0.39 is 80.2 Å². The molecule has 0 aromatic carbocycles. The van der Waals surface area contributed by atoms with Crippen molar-refractivity contribution in [2.24, 2.45) is 0 Å². The average Bonchev–Trinajstić information content (AvgIpc) is 2.72. The van der Waals surface area contributed by atoms with Gasteiger partial charge in [0.1, 0.15) is 8.07 Å². The molecule has 10 heteroatoms. The Morgan fingerprint density at radius 1 is 0.406 bits per heavy atom. The molecule has 0 aromatic rings. The first kappa shape index (κ1) is 26.2. The van der Waals surface area contributed by atoms with Crippen molar-refractivity contribution in [2.45, 2.75) is 137 Å². The van der Waals surface area contributed by atoms with Gasteiger partial charge < -0.3 is 0 Å². The molecule has 0 bridgehead atoms. The van der Waals surface area contributed by atoms with Gasteiger partial charge >= 0.3 is 18.5 Å². The van der Waals surface area contributed by atoms with Crippen molar-refractivity contribution in [2.75, 3.05) is 0 Å². The van der Waals surface area contributed by atoms with Gasteiger partial charge in [0.15, 0.2) is 0 Å². The summed E-state index contributed by atoms with van der Waals surface area (Å²) < 4.78 is 135. The van der Waals surface area contributed by atoms with E-state index in [0.29, 0.717) is 19.3 Å². The second kappa shape index (κ2) is 8.36. The Morgan fingerprint density at radius 2 is 0.594 bits per heavy atom. The van der Waals surface area contributed by atoms with E-state index in [1.54, 1.807) is 0 Å². The van der Waals surface area contributed by atoms with Crippen LogP contribution in [0.5, 0.6) is 0 Å². The summed E-state index contributed by atoms with van der Waals surface area (Å²) >= 11 is 0. The van der Waals surface area contributed by atoms with E-state index in [-0.39, 0.29) is 38.5 Å². The zero-order chi connectivity index (χ0) is 24.1. The van der Waals surface area contributed by atoms with Gasteiger partial charge in [0.2, 0.25) is 0 Å². The number of rotatable bonds is 3. The molecule has 3 rings (SSSR count). The highest BCUT2D eigenvalue weighted by Gasteiger charge is 2.85. The Bertz CT molecular complexity index is 555. The molecule has 0 aliphatic heterocycles. The Morgan fingerprint density at radius 3 is 0.750 bits per heavy atom. The molecular formula is C22H33F9Si. The van der Waals surface area contributed by atoms with E-state index >= 15 is 39.5 Å². The minimum Gasteiger partial charge on any atom is -0.171 e. The van der Waals surface area contributed by atoms with Crippen LogP contribution in [0.3, 0.4) is 0 Å². The molecule has 3 fully saturated rings. The second-order valence-electron chi connectivity index (χ2n) is 10.5. The van der Waals surface area contributed by atoms with Crippen LogP contribution in [0.1, 0.15) is 96.3 Å². The van der Waals surface area contributed by atoms with Gasteiger partial charge in [0.05, 0.1) is 15.1 Å². The van der Waals surface area contributed by atoms with Gasteiger partial charge in [-0.1, -0.05) is 64.3 Å². The van der Waals surface area contributed by atoms with Crippen LogP contribution in [0.25, 0.3) is 0 Å². The van der Waals surface area contributed by atoms with Crippen molar-refractivity contribution in [3.05, 3.63) is 0 Å². The summed E-state index contributed by atoms with van der Waals surface area (Å²) in [7, 11) is -5.28. The van der Waals surface area contributed by atoms with Crippen molar-refractivity contribution >= 4 is 8.07 Å². The van der Waals surface area contributed by atoms with Gasteiger partial charge in [0, 0.05) is 0 Å². The fourth-order valence-corrected chi connectivity index (χ4v) is 16.6. The van der Waals surface area contributed by atoms with Gasteiger partial charge in [-0.2, -0.15) is 39.5 Å². The molecule has 3 aliphatic rings. The van der Waals surface area contributed by atoms with Gasteiger partial charge in [-0.25, -0.2) is 0 Å². The smallest absolute Gasteiger partial charge is 0.171 e. The fraction of sp³-hybridized carbons (Fsp3) is 1.00. The Balaban J connectivity index is 2.45. The SMILES string of the molecule is C[Si](C1(C(F)(F)F)CCCCC1)(C1(C(F)(F)F)CCCCC1)C1(C(F)(F)F)CCCCC1. The quantitative estimate of drug-likeness (QED) is 0.269. The highest BCUT2D eigenvalue weighted by atomic mass is 28.3. The molecule has 188 valence electrons. The third kappa shape index (κ3) is 3.46. The van der Waals surface area contributed by atoms with Gasteiger partial charge in [0.25, 0.3) is 0 Å². The lowest BCUT2D eigenvalue weighted by atomic mass is 9.84. The Kier molecular flexibility index (Phi) is 6.85. The molecular weight excluding hydrogens is 463 g/mol. The van der Waals surface area contributed by atoms with Gasteiger partial charge in [-0.3, -0.25) is 0 Å². The van der Waals surface area contributed by atoms with Crippen molar-refractivity contribution in [1.82, 2.24) is 0 Å². The fourth-order valence-electron chi connectivity index (χ4n) is 8.04. The van der Waals surface area contributed by atoms with E-state index in [1.807, 2.05) is 0 Å². The maximum Gasteiger partial charge on any atom is 0.392 e. The summed E-state index contributed by atoms with van der Waals surface area (Å²) in [5.74, 6) is 0. The van der Waals surface area contributed by atoms with Gasteiger partial charge in [-0.05, 0) is 38.5 Å². The maximum atomic E-state index is 15.0. The third-order valence-corrected chi connectivity index (χ3v) is 17.7. The largest absolute Gasteiger partial charge is 0.392 e. The number of hydrogen-bond donors (Lipinski definition) is 0. The molecule has 0 nitrogen and oxygen atoms in total. The molecule has 0 amide bonds. The van der Waals surface area contributed by atoms with Crippen LogP contribution in [-0.2, 0) is 0 Å². The minimum absolute atomic E-state index is 0.0317. The van der Waals surface area contributed by atoms with E-state index in [0.717, 1.165) is 6.55 Å². The number of halogens is 9. The second-order valence-corrected chi connectivity index (χ2v) is 15.7. The van der Waals surface area contributed by atoms with Crippen molar-refractivity contribution in [3.8, 4) is 0 Å². The highest BCUT2D eigenvalue weighted by molar-refractivity contribution is 6.88. The summed E-state index contributed by atoms with van der Waals surface area (Å²) in [6.45, 7) is 0.906. The molecule has 32 heavy (non-hydrogen) atoms. The minimum atomic E-state index is -5.28. The van der Waals surface area contributed by atoms with Crippen LogP contribution in [0.4, 0.5) is 39.5 Å². The summed E-state index contributed by atoms with van der Waals surface area (Å²) in [4.78, 5) is 0. The third-order valence-electron chi connectivity index (χ3n) is 9.62. The Labute approximate surface area is 184 Å². The van der Waals surface area contributed by atoms with Crippen LogP contribution in [0, 0.1) is 0 Å². The molecule has 0 radical (unpaired) electrons. The van der Waals surface area contributed by atoms with Crippen molar-refractivity contribution in [3.63, 3.8) is 0 Å². The molecule has 0 heterocycles. The van der Waals surface area contributed by atoms with Crippen LogP contribution in [0.2, 0.25) is 21.7 Å². The summed E-state index contributed by atoms with van der Waals surface area (Å²) in [6, 6.07) is 0. The first-order valence-electron chi connectivity index (χ1n) is 11.8. The lowest BCUT2D eigenvalue weighted by Gasteiger charge is -2.68. The predicted molar refractivity (Wildman–Crippen MR) is 107 cm³/mol. The lowest BCUT2D eigenvalue weighted by Crippen LogP contribution is -2.73. The van der Waals surface area contributed by atoms with Crippen LogP contribution in [-0.4, -0.2) is 26.6 Å². The van der Waals surface area contributed by atoms with Crippen LogP contribution < -0.4 is 0 Å². The van der Waals surface area contributed by atoms with E-state index in [9.17, 15) is 0 Å². The molecule has 0 N–H and O–H groups in total. The molecule has 3 aliphatic carbocycles. The normalized spacial score (nSPS) is 27.2. The average molecular weight is 497 g/mol. The van der Waals surface area contributed by atoms with Gasteiger partial charge in [-0.15, -0.1) is 0 Å². The van der Waals surface area contributed by atoms with Crippen LogP contribution in [0.15, 0.2) is 0 Å². The molecule has 0 spiro atoms. The summed E-state index contributed by atoms with van der Waals surface area (Å²) in [5.41, 5.74) is 0. The first-order valence-corrected chi connectivity index (χ1v) is 14.3. The lowest BCUT2D eigenvalue weighted by molar-refractivity contribution is -0.212. The first-order chi connectivity index (χ1) is 14.6. The van der Waals surface area contributed by atoms with Crippen molar-refractivity contribution in [1.29, 1.82) is 0 Å². The number of alkyl halides is 9. The number of hydrogen-bond acceptors (Lipinski definition) is 0. The summed E-state index contributed by atoms with van der Waals surface area (Å²) in [6.07, 6.45) is -17.5. The standard InChI is InChI=1S/C22H33F9Si/c1-32(17(20(23,24)25)11-5-2-6-12-17,18(21(26,27)28)13-7-3-8-14-18)19(22(29,30)31)15-9-4-10-16-19/h2-16H2,1H3. The van der Waals surface area contributed by atoms with Crippen LogP contribution >= 0.6 is 0 Å². The Hall–Kier alpha value is -0.413. The monoisotopic (exact) mass is 496 g/mol. The summed E-state index contributed by atoms with van der Waals surface area (Å²) in [5, 5.41) is -8.63. The molecule has 0 unspecified atom stereocenters. The molecule has 0 saturated heterocycles. The van der Waals surface area contributed by atoms with E-state index in [4.69, 9.17) is 0 Å². The molecule has 0 aromatic heterocycles. The zero-order valence-electron chi connectivity index (χ0n) is 18.5.